The highest BCUT2D eigenvalue weighted by Crippen LogP contribution is 2.13. The van der Waals surface area contributed by atoms with Crippen molar-refractivity contribution >= 4 is 0 Å². The largest absolute Gasteiger partial charge is 0.494 e. The molecule has 2 rings (SSSR count). The van der Waals surface area contributed by atoms with E-state index in [-0.39, 0.29) is 0 Å². The molecule has 2 aromatic carbocycles. The van der Waals surface area contributed by atoms with Crippen molar-refractivity contribution in [1.82, 2.24) is 0 Å². The van der Waals surface area contributed by atoms with Crippen LogP contribution in [-0.2, 0) is 6.42 Å². The standard InChI is InChI=1S/C24H22F2O/c1-3-5-19-6-8-20(9-7-19)12-16-23(25)24(26)17-13-21-10-14-22(15-11-21)27-18-4-2/h6-11,14-15H,3-5,18H2,1-2H3. The van der Waals surface area contributed by atoms with Crippen LogP contribution in [0.3, 0.4) is 0 Å². The Balaban J connectivity index is 2.05. The molecule has 0 heterocycles. The molecule has 0 aliphatic rings. The molecule has 0 unspecified atom stereocenters. The van der Waals surface area contributed by atoms with E-state index in [2.05, 4.69) is 30.6 Å². The van der Waals surface area contributed by atoms with Gasteiger partial charge in [-0.2, -0.15) is 8.78 Å². The maximum atomic E-state index is 13.8. The number of hydrogen-bond donors (Lipinski definition) is 0. The minimum absolute atomic E-state index is 0.571. The van der Waals surface area contributed by atoms with Crippen LogP contribution in [0.5, 0.6) is 5.75 Å². The van der Waals surface area contributed by atoms with Crippen molar-refractivity contribution in [3.8, 4) is 29.4 Å². The fraction of sp³-hybridized carbons (Fsp3) is 0.250. The van der Waals surface area contributed by atoms with Gasteiger partial charge in [-0.05, 0) is 66.6 Å². The molecule has 3 heteroatoms. The van der Waals surface area contributed by atoms with Crippen molar-refractivity contribution in [3.63, 3.8) is 0 Å². The summed E-state index contributed by atoms with van der Waals surface area (Å²) in [6.07, 6.45) is 2.96. The molecule has 0 aromatic heterocycles. The summed E-state index contributed by atoms with van der Waals surface area (Å²) in [6, 6.07) is 14.4. The molecule has 0 atom stereocenters. The van der Waals surface area contributed by atoms with Crippen LogP contribution < -0.4 is 4.74 Å². The molecule has 0 amide bonds. The molecule has 0 saturated heterocycles. The third-order valence-corrected chi connectivity index (χ3v) is 3.65. The Labute approximate surface area is 160 Å². The molecule has 0 spiro atoms. The van der Waals surface area contributed by atoms with Gasteiger partial charge in [0.2, 0.25) is 11.7 Å². The third kappa shape index (κ3) is 7.00. The number of allylic oxidation sites excluding steroid dienone is 2. The Morgan fingerprint density at radius 3 is 1.78 bits per heavy atom. The Bertz CT molecular complexity index is 886. The lowest BCUT2D eigenvalue weighted by Crippen LogP contribution is -1.94. The minimum Gasteiger partial charge on any atom is -0.494 e. The second-order valence-electron chi connectivity index (χ2n) is 5.95. The molecule has 1 nitrogen and oxygen atoms in total. The van der Waals surface area contributed by atoms with Gasteiger partial charge in [-0.1, -0.05) is 44.2 Å². The first-order chi connectivity index (χ1) is 13.1. The third-order valence-electron chi connectivity index (χ3n) is 3.65. The Morgan fingerprint density at radius 1 is 0.778 bits per heavy atom. The molecule has 27 heavy (non-hydrogen) atoms. The van der Waals surface area contributed by atoms with Crippen molar-refractivity contribution in [2.24, 2.45) is 0 Å². The molecular weight excluding hydrogens is 342 g/mol. The molecule has 0 radical (unpaired) electrons. The van der Waals surface area contributed by atoms with Crippen molar-refractivity contribution in [1.29, 1.82) is 0 Å². The van der Waals surface area contributed by atoms with Gasteiger partial charge in [0.05, 0.1) is 6.61 Å². The maximum absolute atomic E-state index is 13.8. The van der Waals surface area contributed by atoms with E-state index in [1.807, 2.05) is 19.1 Å². The highest BCUT2D eigenvalue weighted by molar-refractivity contribution is 5.46. The summed E-state index contributed by atoms with van der Waals surface area (Å²) in [4.78, 5) is 0. The van der Waals surface area contributed by atoms with E-state index in [9.17, 15) is 8.78 Å². The smallest absolute Gasteiger partial charge is 0.217 e. The van der Waals surface area contributed by atoms with E-state index in [0.29, 0.717) is 17.7 Å². The van der Waals surface area contributed by atoms with E-state index < -0.39 is 11.7 Å². The van der Waals surface area contributed by atoms with Crippen LogP contribution in [0.4, 0.5) is 8.78 Å². The minimum atomic E-state index is -1.17. The zero-order chi connectivity index (χ0) is 19.5. The van der Waals surface area contributed by atoms with Crippen molar-refractivity contribution in [2.45, 2.75) is 33.1 Å². The number of halogens is 2. The summed E-state index contributed by atoms with van der Waals surface area (Å²) in [7, 11) is 0. The summed E-state index contributed by atoms with van der Waals surface area (Å²) in [6.45, 7) is 4.76. The molecule has 0 saturated carbocycles. The molecular formula is C24H22F2O. The zero-order valence-corrected chi connectivity index (χ0v) is 15.6. The average Bonchev–Trinajstić information content (AvgIpc) is 2.70. The highest BCUT2D eigenvalue weighted by Gasteiger charge is 2.00. The van der Waals surface area contributed by atoms with Crippen molar-refractivity contribution < 1.29 is 13.5 Å². The van der Waals surface area contributed by atoms with Crippen molar-refractivity contribution in [2.75, 3.05) is 6.61 Å². The predicted octanol–water partition coefficient (Wildman–Crippen LogP) is 5.98. The predicted molar refractivity (Wildman–Crippen MR) is 106 cm³/mol. The van der Waals surface area contributed by atoms with E-state index in [1.54, 1.807) is 36.4 Å². The molecule has 0 N–H and O–H groups in total. The van der Waals surface area contributed by atoms with Gasteiger partial charge in [0, 0.05) is 11.1 Å². The summed E-state index contributed by atoms with van der Waals surface area (Å²) in [5, 5.41) is 0. The second-order valence-corrected chi connectivity index (χ2v) is 5.95. The van der Waals surface area contributed by atoms with Gasteiger partial charge in [0.25, 0.3) is 0 Å². The van der Waals surface area contributed by atoms with Gasteiger partial charge < -0.3 is 4.74 Å². The van der Waals surface area contributed by atoms with Gasteiger partial charge in [-0.15, -0.1) is 0 Å². The van der Waals surface area contributed by atoms with E-state index >= 15 is 0 Å². The zero-order valence-electron chi connectivity index (χ0n) is 15.6. The van der Waals surface area contributed by atoms with Crippen LogP contribution in [0.15, 0.2) is 60.2 Å². The van der Waals surface area contributed by atoms with E-state index in [0.717, 1.165) is 25.0 Å². The van der Waals surface area contributed by atoms with E-state index in [1.165, 1.54) is 5.56 Å². The lowest BCUT2D eigenvalue weighted by molar-refractivity contribution is 0.317. The number of rotatable bonds is 5. The molecule has 0 aliphatic carbocycles. The first kappa shape index (κ1) is 20.3. The molecule has 0 aliphatic heterocycles. The van der Waals surface area contributed by atoms with Gasteiger partial charge >= 0.3 is 0 Å². The summed E-state index contributed by atoms with van der Waals surface area (Å²) >= 11 is 0. The Kier molecular flexibility index (Phi) is 8.14. The van der Waals surface area contributed by atoms with Gasteiger partial charge in [0.15, 0.2) is 0 Å². The average molecular weight is 364 g/mol. The van der Waals surface area contributed by atoms with Crippen LogP contribution in [0.1, 0.15) is 43.4 Å². The SMILES string of the molecule is CCCOc1ccc(C#CC(F)=C(F)C#Cc2ccc(CCC)cc2)cc1. The normalized spacial score (nSPS) is 10.8. The maximum Gasteiger partial charge on any atom is 0.217 e. The van der Waals surface area contributed by atoms with Crippen LogP contribution in [0.25, 0.3) is 0 Å². The summed E-state index contributed by atoms with van der Waals surface area (Å²) < 4.78 is 33.1. The first-order valence-corrected chi connectivity index (χ1v) is 9.03. The number of aryl methyl sites for hydroxylation is 1. The Hall–Kier alpha value is -3.04. The molecule has 138 valence electrons. The second kappa shape index (κ2) is 10.8. The molecule has 2 aromatic rings. The quantitative estimate of drug-likeness (QED) is 0.593. The van der Waals surface area contributed by atoms with Crippen molar-refractivity contribution in [3.05, 3.63) is 76.9 Å². The lowest BCUT2D eigenvalue weighted by atomic mass is 10.1. The van der Waals surface area contributed by atoms with Gasteiger partial charge in [-0.25, -0.2) is 0 Å². The molecule has 0 bridgehead atoms. The monoisotopic (exact) mass is 364 g/mol. The van der Waals surface area contributed by atoms with Crippen LogP contribution in [-0.4, -0.2) is 6.61 Å². The number of ether oxygens (including phenoxy) is 1. The fourth-order valence-corrected chi connectivity index (χ4v) is 2.26. The van der Waals surface area contributed by atoms with Crippen LogP contribution in [0.2, 0.25) is 0 Å². The topological polar surface area (TPSA) is 9.23 Å². The lowest BCUT2D eigenvalue weighted by Gasteiger charge is -2.03. The number of benzene rings is 2. The molecule has 0 fully saturated rings. The van der Waals surface area contributed by atoms with Gasteiger partial charge in [-0.3, -0.25) is 0 Å². The van der Waals surface area contributed by atoms with Gasteiger partial charge in [0.1, 0.15) is 5.75 Å². The van der Waals surface area contributed by atoms with Crippen LogP contribution >= 0.6 is 0 Å². The van der Waals surface area contributed by atoms with Crippen LogP contribution in [0, 0.1) is 23.7 Å². The Morgan fingerprint density at radius 2 is 1.30 bits per heavy atom. The fourth-order valence-electron chi connectivity index (χ4n) is 2.26. The summed E-state index contributed by atoms with van der Waals surface area (Å²) in [5.74, 6) is 7.94. The highest BCUT2D eigenvalue weighted by atomic mass is 19.2. The summed E-state index contributed by atoms with van der Waals surface area (Å²) in [5.41, 5.74) is 2.40. The van der Waals surface area contributed by atoms with E-state index in [4.69, 9.17) is 4.74 Å². The number of hydrogen-bond acceptors (Lipinski definition) is 1. The first-order valence-electron chi connectivity index (χ1n) is 9.03.